The van der Waals surface area contributed by atoms with Gasteiger partial charge in [-0.2, -0.15) is 0 Å². The minimum atomic E-state index is -0.673. The Morgan fingerprint density at radius 3 is 2.33 bits per heavy atom. The molecule has 1 heterocycles. The largest absolute Gasteiger partial charge is 0.444 e. The molecule has 0 bridgehead atoms. The number of aromatic nitrogens is 1. The van der Waals surface area contributed by atoms with Gasteiger partial charge in [0.2, 0.25) is 5.91 Å². The smallest absolute Gasteiger partial charge is 0.410 e. The fourth-order valence-corrected chi connectivity index (χ4v) is 3.52. The molecule has 3 amide bonds. The number of likely N-dealkylation sites (N-methyl/N-ethyl adjacent to an activating group) is 1. The number of ether oxygens (including phenoxy) is 1. The number of rotatable bonds is 10. The van der Waals surface area contributed by atoms with Crippen molar-refractivity contribution in [2.24, 2.45) is 0 Å². The Kier molecular flexibility index (Phi) is 10.0. The van der Waals surface area contributed by atoms with E-state index in [0.717, 1.165) is 6.42 Å². The summed E-state index contributed by atoms with van der Waals surface area (Å²) >= 11 is 0. The summed E-state index contributed by atoms with van der Waals surface area (Å²) in [6.07, 6.45) is 1.66. The fraction of sp³-hybridized carbons (Fsp3) is 0.310. The molecule has 0 saturated heterocycles. The van der Waals surface area contributed by atoms with Crippen LogP contribution in [0.4, 0.5) is 37.8 Å². The summed E-state index contributed by atoms with van der Waals surface area (Å²) in [7, 11) is 1.47. The van der Waals surface area contributed by atoms with Gasteiger partial charge in [0, 0.05) is 42.9 Å². The quantitative estimate of drug-likeness (QED) is 0.250. The van der Waals surface area contributed by atoms with Crippen molar-refractivity contribution >= 4 is 46.5 Å². The highest BCUT2D eigenvalue weighted by molar-refractivity contribution is 6.08. The predicted molar refractivity (Wildman–Crippen MR) is 155 cm³/mol. The van der Waals surface area contributed by atoms with Crippen molar-refractivity contribution in [3.8, 4) is 0 Å². The van der Waals surface area contributed by atoms with E-state index >= 15 is 0 Å². The zero-order valence-corrected chi connectivity index (χ0v) is 23.3. The van der Waals surface area contributed by atoms with Crippen LogP contribution in [0.2, 0.25) is 0 Å². The lowest BCUT2D eigenvalue weighted by atomic mass is 10.2. The van der Waals surface area contributed by atoms with E-state index in [1.165, 1.54) is 30.3 Å². The van der Waals surface area contributed by atoms with Gasteiger partial charge in [0.25, 0.3) is 5.91 Å². The van der Waals surface area contributed by atoms with Gasteiger partial charge >= 0.3 is 6.09 Å². The first-order valence-corrected chi connectivity index (χ1v) is 12.9. The van der Waals surface area contributed by atoms with Gasteiger partial charge in [-0.05, 0) is 63.6 Å². The SMILES string of the molecule is CCCNc1cc(Nc2cccc(F)c2)ncc1C(=O)Nc1cccc(NC(=O)CN(C)C(=O)OC(C)(C)C)c1. The van der Waals surface area contributed by atoms with Crippen molar-refractivity contribution < 1.29 is 23.5 Å². The number of anilines is 5. The van der Waals surface area contributed by atoms with Crippen molar-refractivity contribution in [3.63, 3.8) is 0 Å². The number of carbonyl (C=O) groups excluding carboxylic acids is 3. The third-order valence-electron chi connectivity index (χ3n) is 5.30. The second-order valence-corrected chi connectivity index (χ2v) is 10.1. The van der Waals surface area contributed by atoms with E-state index in [2.05, 4.69) is 26.3 Å². The number of nitrogens with zero attached hydrogens (tertiary/aromatic N) is 2. The van der Waals surface area contributed by atoms with Gasteiger partial charge in [-0.25, -0.2) is 14.2 Å². The van der Waals surface area contributed by atoms with Crippen molar-refractivity contribution in [2.75, 3.05) is 41.4 Å². The summed E-state index contributed by atoms with van der Waals surface area (Å²) in [5.41, 5.74) is 1.62. The van der Waals surface area contributed by atoms with Crippen molar-refractivity contribution in [2.45, 2.75) is 39.7 Å². The Labute approximate surface area is 233 Å². The summed E-state index contributed by atoms with van der Waals surface area (Å²) < 4.78 is 18.8. The molecule has 212 valence electrons. The Balaban J connectivity index is 1.68. The third-order valence-corrected chi connectivity index (χ3v) is 5.30. The molecule has 3 rings (SSSR count). The number of hydrogen-bond donors (Lipinski definition) is 4. The lowest BCUT2D eigenvalue weighted by molar-refractivity contribution is -0.117. The second-order valence-electron chi connectivity index (χ2n) is 10.1. The molecule has 0 atom stereocenters. The molecule has 2 aromatic carbocycles. The fourth-order valence-electron chi connectivity index (χ4n) is 3.52. The maximum atomic E-state index is 13.6. The van der Waals surface area contributed by atoms with E-state index in [9.17, 15) is 18.8 Å². The highest BCUT2D eigenvalue weighted by Gasteiger charge is 2.21. The molecule has 0 saturated carbocycles. The molecular formula is C29H35FN6O4. The lowest BCUT2D eigenvalue weighted by Crippen LogP contribution is -2.38. The number of nitrogens with one attached hydrogen (secondary N) is 4. The molecule has 0 radical (unpaired) electrons. The van der Waals surface area contributed by atoms with E-state index in [0.29, 0.717) is 40.7 Å². The van der Waals surface area contributed by atoms with Gasteiger partial charge in [-0.15, -0.1) is 0 Å². The topological polar surface area (TPSA) is 125 Å². The van der Waals surface area contributed by atoms with Gasteiger partial charge < -0.3 is 30.9 Å². The average Bonchev–Trinajstić information content (AvgIpc) is 2.86. The molecule has 0 spiro atoms. The molecule has 0 aliphatic carbocycles. The minimum Gasteiger partial charge on any atom is -0.444 e. The molecule has 0 unspecified atom stereocenters. The number of hydrogen-bond acceptors (Lipinski definition) is 7. The van der Waals surface area contributed by atoms with E-state index in [1.807, 2.05) is 6.92 Å². The first-order chi connectivity index (χ1) is 18.9. The highest BCUT2D eigenvalue weighted by atomic mass is 19.1. The summed E-state index contributed by atoms with van der Waals surface area (Å²) in [4.78, 5) is 43.3. The lowest BCUT2D eigenvalue weighted by Gasteiger charge is -2.24. The number of pyridine rings is 1. The summed E-state index contributed by atoms with van der Waals surface area (Å²) in [6.45, 7) is 7.66. The van der Waals surface area contributed by atoms with Gasteiger partial charge in [0.1, 0.15) is 23.8 Å². The third kappa shape index (κ3) is 9.26. The van der Waals surface area contributed by atoms with E-state index in [-0.39, 0.29) is 12.4 Å². The molecular weight excluding hydrogens is 515 g/mol. The number of benzene rings is 2. The zero-order chi connectivity index (χ0) is 29.3. The minimum absolute atomic E-state index is 0.209. The first kappa shape index (κ1) is 29.9. The summed E-state index contributed by atoms with van der Waals surface area (Å²) in [6, 6.07) is 14.3. The van der Waals surface area contributed by atoms with Crippen molar-refractivity contribution in [3.05, 3.63) is 72.2 Å². The summed E-state index contributed by atoms with van der Waals surface area (Å²) in [5, 5.41) is 11.8. The van der Waals surface area contributed by atoms with Crippen LogP contribution in [0.25, 0.3) is 0 Å². The number of carbonyl (C=O) groups is 3. The van der Waals surface area contributed by atoms with Gasteiger partial charge in [0.15, 0.2) is 0 Å². The molecule has 3 aromatic rings. The molecule has 0 aliphatic rings. The van der Waals surface area contributed by atoms with Crippen LogP contribution in [-0.4, -0.2) is 53.5 Å². The van der Waals surface area contributed by atoms with Gasteiger partial charge in [-0.1, -0.05) is 19.1 Å². The number of halogens is 1. The van der Waals surface area contributed by atoms with E-state index in [1.54, 1.807) is 63.2 Å². The second kappa shape index (κ2) is 13.4. The maximum Gasteiger partial charge on any atom is 0.410 e. The van der Waals surface area contributed by atoms with Crippen molar-refractivity contribution in [1.29, 1.82) is 0 Å². The standard InChI is InChI=1S/C29H35FN6O4/c1-6-13-31-24-16-25(33-20-10-7-9-19(30)14-20)32-17-23(24)27(38)35-22-12-8-11-21(15-22)34-26(37)18-36(5)28(39)40-29(2,3)4/h7-12,14-17H,6,13,18H2,1-5H3,(H,34,37)(H,35,38)(H2,31,32,33). The maximum absolute atomic E-state index is 13.6. The van der Waals surface area contributed by atoms with Crippen LogP contribution in [0.15, 0.2) is 60.8 Å². The van der Waals surface area contributed by atoms with E-state index in [4.69, 9.17) is 4.74 Å². The van der Waals surface area contributed by atoms with Gasteiger partial charge in [0.05, 0.1) is 11.3 Å². The Morgan fingerprint density at radius 1 is 0.975 bits per heavy atom. The van der Waals surface area contributed by atoms with Gasteiger partial charge in [-0.3, -0.25) is 9.59 Å². The molecule has 11 heteroatoms. The Morgan fingerprint density at radius 2 is 1.65 bits per heavy atom. The van der Waals surface area contributed by atoms with Crippen molar-refractivity contribution in [1.82, 2.24) is 9.88 Å². The first-order valence-electron chi connectivity index (χ1n) is 12.9. The number of amides is 3. The van der Waals surface area contributed by atoms with Crippen LogP contribution in [0.1, 0.15) is 44.5 Å². The van der Waals surface area contributed by atoms with Crippen LogP contribution in [0.5, 0.6) is 0 Å². The molecule has 1 aromatic heterocycles. The van der Waals surface area contributed by atoms with Crippen LogP contribution < -0.4 is 21.3 Å². The summed E-state index contributed by atoms with van der Waals surface area (Å²) in [5.74, 6) is -0.759. The molecule has 0 fully saturated rings. The van der Waals surface area contributed by atoms with Crippen LogP contribution in [-0.2, 0) is 9.53 Å². The molecule has 4 N–H and O–H groups in total. The normalized spacial score (nSPS) is 10.8. The Hall–Kier alpha value is -4.67. The van der Waals surface area contributed by atoms with Crippen LogP contribution in [0.3, 0.4) is 0 Å². The average molecular weight is 551 g/mol. The predicted octanol–water partition coefficient (Wildman–Crippen LogP) is 5.84. The molecule has 0 aliphatic heterocycles. The van der Waals surface area contributed by atoms with Crippen LogP contribution in [0, 0.1) is 5.82 Å². The molecule has 40 heavy (non-hydrogen) atoms. The zero-order valence-electron chi connectivity index (χ0n) is 23.3. The molecule has 10 nitrogen and oxygen atoms in total. The van der Waals surface area contributed by atoms with E-state index < -0.39 is 23.5 Å². The van der Waals surface area contributed by atoms with Crippen LogP contribution >= 0.6 is 0 Å². The monoisotopic (exact) mass is 550 g/mol. The highest BCUT2D eigenvalue weighted by Crippen LogP contribution is 2.24. The Bertz CT molecular complexity index is 1360.